The zero-order valence-electron chi connectivity index (χ0n) is 18.5. The first-order valence-corrected chi connectivity index (χ1v) is 10.3. The van der Waals surface area contributed by atoms with E-state index in [0.29, 0.717) is 35.1 Å². The van der Waals surface area contributed by atoms with Gasteiger partial charge in [0.25, 0.3) is 0 Å². The summed E-state index contributed by atoms with van der Waals surface area (Å²) in [5, 5.41) is 11.9. The predicted molar refractivity (Wildman–Crippen MR) is 118 cm³/mol. The standard InChI is InChI=1S/C23H29FN2O6/c1-4-5-6-11-32-21-13-18(8-10-20(21)31-3)25-23(29)26(15-22(27)28)14-16-12-17(24)7-9-19(16)30-2/h7-10,12-13H,4-6,11,14-15H2,1-3H3,(H,25,29)(H,27,28). The molecule has 0 unspecified atom stereocenters. The Hall–Kier alpha value is -3.49. The molecule has 0 saturated carbocycles. The van der Waals surface area contributed by atoms with Crippen LogP contribution in [-0.4, -0.2) is 49.4 Å². The van der Waals surface area contributed by atoms with Crippen LogP contribution >= 0.6 is 0 Å². The van der Waals surface area contributed by atoms with Crippen molar-refractivity contribution in [3.63, 3.8) is 0 Å². The summed E-state index contributed by atoms with van der Waals surface area (Å²) < 4.78 is 30.0. The van der Waals surface area contributed by atoms with Gasteiger partial charge in [-0.05, 0) is 36.8 Å². The van der Waals surface area contributed by atoms with E-state index in [-0.39, 0.29) is 6.54 Å². The molecule has 9 heteroatoms. The molecule has 2 amide bonds. The van der Waals surface area contributed by atoms with Gasteiger partial charge in [0.05, 0.1) is 27.4 Å². The van der Waals surface area contributed by atoms with E-state index in [9.17, 15) is 19.1 Å². The SMILES string of the molecule is CCCCCOc1cc(NC(=O)N(CC(=O)O)Cc2cc(F)ccc2OC)ccc1OC. The molecule has 8 nitrogen and oxygen atoms in total. The van der Waals surface area contributed by atoms with Gasteiger partial charge in [-0.25, -0.2) is 9.18 Å². The van der Waals surface area contributed by atoms with E-state index in [4.69, 9.17) is 14.2 Å². The highest BCUT2D eigenvalue weighted by Gasteiger charge is 2.20. The van der Waals surface area contributed by atoms with E-state index in [2.05, 4.69) is 12.2 Å². The van der Waals surface area contributed by atoms with Crippen molar-refractivity contribution in [1.82, 2.24) is 4.90 Å². The summed E-state index contributed by atoms with van der Waals surface area (Å²) in [7, 11) is 2.94. The van der Waals surface area contributed by atoms with Crippen molar-refractivity contribution in [2.75, 3.05) is 32.7 Å². The third-order valence-electron chi connectivity index (χ3n) is 4.64. The fourth-order valence-electron chi connectivity index (χ4n) is 3.04. The molecular formula is C23H29FN2O6. The van der Waals surface area contributed by atoms with E-state index in [1.165, 1.54) is 32.4 Å². The number of methoxy groups -OCH3 is 2. The van der Waals surface area contributed by atoms with Gasteiger partial charge in [0.1, 0.15) is 18.1 Å². The number of aliphatic carboxylic acids is 1. The number of hydrogen-bond donors (Lipinski definition) is 2. The number of anilines is 1. The summed E-state index contributed by atoms with van der Waals surface area (Å²) in [5.41, 5.74) is 0.751. The summed E-state index contributed by atoms with van der Waals surface area (Å²) >= 11 is 0. The fourth-order valence-corrected chi connectivity index (χ4v) is 3.04. The average molecular weight is 448 g/mol. The van der Waals surface area contributed by atoms with Crippen LogP contribution in [0, 0.1) is 5.82 Å². The van der Waals surface area contributed by atoms with Gasteiger partial charge < -0.3 is 29.5 Å². The molecule has 0 aromatic heterocycles. The summed E-state index contributed by atoms with van der Waals surface area (Å²) in [5.74, 6) is -0.382. The second-order valence-electron chi connectivity index (χ2n) is 7.06. The highest BCUT2D eigenvalue weighted by atomic mass is 19.1. The Labute approximate surface area is 186 Å². The molecule has 0 fully saturated rings. The van der Waals surface area contributed by atoms with Crippen LogP contribution in [0.3, 0.4) is 0 Å². The molecule has 2 aromatic rings. The minimum Gasteiger partial charge on any atom is -0.496 e. The van der Waals surface area contributed by atoms with Crippen molar-refractivity contribution >= 4 is 17.7 Å². The number of unbranched alkanes of at least 4 members (excludes halogenated alkanes) is 2. The Balaban J connectivity index is 2.18. The van der Waals surface area contributed by atoms with Crippen LogP contribution in [0.25, 0.3) is 0 Å². The zero-order valence-corrected chi connectivity index (χ0v) is 18.5. The van der Waals surface area contributed by atoms with Gasteiger partial charge in [0.15, 0.2) is 11.5 Å². The first-order valence-electron chi connectivity index (χ1n) is 10.3. The Morgan fingerprint density at radius 1 is 1.03 bits per heavy atom. The van der Waals surface area contributed by atoms with Gasteiger partial charge in [0.2, 0.25) is 0 Å². The third-order valence-corrected chi connectivity index (χ3v) is 4.64. The van der Waals surface area contributed by atoms with Crippen molar-refractivity contribution in [1.29, 1.82) is 0 Å². The monoisotopic (exact) mass is 448 g/mol. The van der Waals surface area contributed by atoms with E-state index in [1.807, 2.05) is 0 Å². The van der Waals surface area contributed by atoms with Gasteiger partial charge in [-0.3, -0.25) is 4.79 Å². The number of rotatable bonds is 12. The number of carboxylic acids is 1. The molecule has 32 heavy (non-hydrogen) atoms. The van der Waals surface area contributed by atoms with Crippen LogP contribution in [0.1, 0.15) is 31.7 Å². The topological polar surface area (TPSA) is 97.3 Å². The van der Waals surface area contributed by atoms with Crippen molar-refractivity contribution in [2.45, 2.75) is 32.7 Å². The van der Waals surface area contributed by atoms with Crippen LogP contribution in [0.5, 0.6) is 17.2 Å². The summed E-state index contributed by atoms with van der Waals surface area (Å²) in [6.45, 7) is 1.86. The number of nitrogens with one attached hydrogen (secondary N) is 1. The van der Waals surface area contributed by atoms with Gasteiger partial charge in [0, 0.05) is 17.3 Å². The van der Waals surface area contributed by atoms with E-state index >= 15 is 0 Å². The normalized spacial score (nSPS) is 10.4. The summed E-state index contributed by atoms with van der Waals surface area (Å²) in [6, 6.07) is 8.08. The molecule has 0 spiro atoms. The first-order chi connectivity index (χ1) is 15.4. The number of ether oxygens (including phenoxy) is 3. The van der Waals surface area contributed by atoms with Gasteiger partial charge in [-0.2, -0.15) is 0 Å². The minimum atomic E-state index is -1.20. The number of carbonyl (C=O) groups is 2. The minimum absolute atomic E-state index is 0.157. The molecule has 0 heterocycles. The number of benzene rings is 2. The zero-order chi connectivity index (χ0) is 23.5. The second kappa shape index (κ2) is 12.4. The van der Waals surface area contributed by atoms with Crippen LogP contribution in [-0.2, 0) is 11.3 Å². The van der Waals surface area contributed by atoms with Crippen LogP contribution < -0.4 is 19.5 Å². The van der Waals surface area contributed by atoms with Crippen LogP contribution in [0.15, 0.2) is 36.4 Å². The van der Waals surface area contributed by atoms with E-state index in [0.717, 1.165) is 24.2 Å². The number of carboxylic acid groups (broad SMARTS) is 1. The van der Waals surface area contributed by atoms with E-state index in [1.54, 1.807) is 18.2 Å². The van der Waals surface area contributed by atoms with Crippen LogP contribution in [0.2, 0.25) is 0 Å². The molecule has 2 rings (SSSR count). The molecule has 0 aliphatic carbocycles. The maximum absolute atomic E-state index is 13.7. The van der Waals surface area contributed by atoms with Gasteiger partial charge in [-0.1, -0.05) is 19.8 Å². The number of halogens is 1. The maximum Gasteiger partial charge on any atom is 0.323 e. The quantitative estimate of drug-likeness (QED) is 0.463. The lowest BCUT2D eigenvalue weighted by molar-refractivity contribution is -0.137. The maximum atomic E-state index is 13.7. The van der Waals surface area contributed by atoms with Crippen molar-refractivity contribution in [2.24, 2.45) is 0 Å². The Morgan fingerprint density at radius 3 is 2.41 bits per heavy atom. The van der Waals surface area contributed by atoms with Crippen LogP contribution in [0.4, 0.5) is 14.9 Å². The molecule has 0 aliphatic rings. The second-order valence-corrected chi connectivity index (χ2v) is 7.06. The molecule has 0 radical (unpaired) electrons. The fraction of sp³-hybridized carbons (Fsp3) is 0.391. The number of urea groups is 1. The molecule has 0 atom stereocenters. The van der Waals surface area contributed by atoms with Gasteiger partial charge in [-0.15, -0.1) is 0 Å². The van der Waals surface area contributed by atoms with E-state index < -0.39 is 24.4 Å². The van der Waals surface area contributed by atoms with Crippen molar-refractivity contribution in [3.8, 4) is 17.2 Å². The average Bonchev–Trinajstić information content (AvgIpc) is 2.76. The Bertz CT molecular complexity index is 921. The lowest BCUT2D eigenvalue weighted by Gasteiger charge is -2.23. The highest BCUT2D eigenvalue weighted by Crippen LogP contribution is 2.31. The number of amides is 2. The molecule has 0 bridgehead atoms. The summed E-state index contributed by atoms with van der Waals surface area (Å²) in [6.07, 6.45) is 2.98. The van der Waals surface area contributed by atoms with Crippen molar-refractivity contribution in [3.05, 3.63) is 47.8 Å². The molecule has 2 aromatic carbocycles. The number of hydrogen-bond acceptors (Lipinski definition) is 5. The van der Waals surface area contributed by atoms with Crippen molar-refractivity contribution < 1.29 is 33.3 Å². The smallest absolute Gasteiger partial charge is 0.323 e. The lowest BCUT2D eigenvalue weighted by atomic mass is 10.2. The largest absolute Gasteiger partial charge is 0.496 e. The first kappa shape index (κ1) is 24.8. The van der Waals surface area contributed by atoms with Gasteiger partial charge >= 0.3 is 12.0 Å². The third kappa shape index (κ3) is 7.33. The Kier molecular flexibility index (Phi) is 9.59. The molecule has 0 aliphatic heterocycles. The Morgan fingerprint density at radius 2 is 1.75 bits per heavy atom. The summed E-state index contributed by atoms with van der Waals surface area (Å²) in [4.78, 5) is 25.2. The molecular weight excluding hydrogens is 419 g/mol. The highest BCUT2D eigenvalue weighted by molar-refractivity contribution is 5.91. The number of nitrogens with zero attached hydrogens (tertiary/aromatic N) is 1. The molecule has 2 N–H and O–H groups in total. The predicted octanol–water partition coefficient (Wildman–Crippen LogP) is 4.53. The molecule has 174 valence electrons. The lowest BCUT2D eigenvalue weighted by Crippen LogP contribution is -2.38. The molecule has 0 saturated heterocycles. The number of carbonyl (C=O) groups excluding carboxylic acids is 1.